The molecule has 0 saturated carbocycles. The van der Waals surface area contributed by atoms with E-state index in [0.717, 1.165) is 12.1 Å². The molecular formula is C18H17F2NO4. The normalized spacial score (nSPS) is 19.9. The number of hydrogen-bond acceptors (Lipinski definition) is 4. The minimum absolute atomic E-state index is 0.00949. The number of aliphatic hydroxyl groups excluding tert-OH is 2. The molecule has 2 aromatic carbocycles. The molecule has 0 aromatic heterocycles. The van der Waals surface area contributed by atoms with Gasteiger partial charge in [0.05, 0.1) is 18.8 Å². The molecule has 1 aliphatic heterocycles. The smallest absolute Gasteiger partial charge is 0.254 e. The average molecular weight is 349 g/mol. The molecule has 0 aliphatic carbocycles. The Morgan fingerprint density at radius 2 is 1.84 bits per heavy atom. The van der Waals surface area contributed by atoms with Crippen LogP contribution >= 0.6 is 0 Å². The number of carbonyl (C=O) groups is 1. The second-order valence-electron chi connectivity index (χ2n) is 5.87. The van der Waals surface area contributed by atoms with Crippen LogP contribution < -0.4 is 4.74 Å². The fraction of sp³-hybridized carbons (Fsp3) is 0.278. The predicted molar refractivity (Wildman–Crippen MR) is 85.4 cm³/mol. The van der Waals surface area contributed by atoms with E-state index >= 15 is 0 Å². The van der Waals surface area contributed by atoms with Gasteiger partial charge in [-0.2, -0.15) is 0 Å². The van der Waals surface area contributed by atoms with Gasteiger partial charge in [0.15, 0.2) is 17.4 Å². The number of likely N-dealkylation sites (tertiary alicyclic amines) is 1. The SMILES string of the molecule is O=C(c1cc(F)c(Oc2ccccc2)c(F)c1)N1C[C@@H](O)C[C@H]1CO. The van der Waals surface area contributed by atoms with Crippen molar-refractivity contribution in [2.75, 3.05) is 13.2 Å². The van der Waals surface area contributed by atoms with E-state index in [4.69, 9.17) is 4.74 Å². The Kier molecular flexibility index (Phi) is 4.96. The number of aliphatic hydroxyl groups is 2. The molecule has 7 heteroatoms. The van der Waals surface area contributed by atoms with Gasteiger partial charge < -0.3 is 19.8 Å². The Labute approximate surface area is 143 Å². The zero-order valence-corrected chi connectivity index (χ0v) is 13.2. The average Bonchev–Trinajstić information content (AvgIpc) is 2.99. The molecule has 1 heterocycles. The number of para-hydroxylation sites is 1. The maximum Gasteiger partial charge on any atom is 0.254 e. The summed E-state index contributed by atoms with van der Waals surface area (Å²) in [6.45, 7) is -0.321. The van der Waals surface area contributed by atoms with Gasteiger partial charge in [0.1, 0.15) is 5.75 Å². The maximum atomic E-state index is 14.3. The summed E-state index contributed by atoms with van der Waals surface area (Å²) in [6, 6.07) is 9.38. The number of β-amino-alcohol motifs (C(OH)–C–C–N with tert-alkyl or cyclic N) is 1. The highest BCUT2D eigenvalue weighted by atomic mass is 19.1. The first kappa shape index (κ1) is 17.3. The summed E-state index contributed by atoms with van der Waals surface area (Å²) < 4.78 is 33.7. The second-order valence-corrected chi connectivity index (χ2v) is 5.87. The number of halogens is 2. The summed E-state index contributed by atoms with van der Waals surface area (Å²) in [5, 5.41) is 18.9. The molecule has 1 aliphatic rings. The summed E-state index contributed by atoms with van der Waals surface area (Å²) in [6.07, 6.45) is -0.543. The molecular weight excluding hydrogens is 332 g/mol. The predicted octanol–water partition coefficient (Wildman–Crippen LogP) is 2.32. The minimum Gasteiger partial charge on any atom is -0.451 e. The van der Waals surface area contributed by atoms with Gasteiger partial charge in [0.25, 0.3) is 5.91 Å². The topological polar surface area (TPSA) is 70.0 Å². The number of nitrogens with zero attached hydrogens (tertiary/aromatic N) is 1. The lowest BCUT2D eigenvalue weighted by atomic mass is 10.1. The molecule has 1 amide bonds. The standard InChI is InChI=1S/C18H17F2NO4/c19-15-6-11(18(24)21-9-13(23)8-12(21)10-22)7-16(20)17(15)25-14-4-2-1-3-5-14/h1-7,12-13,22-23H,8-10H2/t12-,13-/m0/s1. The molecule has 0 bridgehead atoms. The number of amides is 1. The van der Waals surface area contributed by atoms with Crippen molar-refractivity contribution in [3.05, 3.63) is 59.7 Å². The molecule has 2 aromatic rings. The molecule has 2 atom stereocenters. The monoisotopic (exact) mass is 349 g/mol. The first-order valence-electron chi connectivity index (χ1n) is 7.81. The molecule has 0 spiro atoms. The first-order valence-corrected chi connectivity index (χ1v) is 7.81. The first-order chi connectivity index (χ1) is 12.0. The van der Waals surface area contributed by atoms with E-state index < -0.39 is 35.4 Å². The Bertz CT molecular complexity index is 746. The Balaban J connectivity index is 1.85. The summed E-state index contributed by atoms with van der Waals surface area (Å²) in [5.74, 6) is -3.00. The van der Waals surface area contributed by atoms with Crippen LogP contribution in [0.4, 0.5) is 8.78 Å². The zero-order chi connectivity index (χ0) is 18.0. The molecule has 0 unspecified atom stereocenters. The van der Waals surface area contributed by atoms with Crippen molar-refractivity contribution in [1.82, 2.24) is 4.90 Å². The number of benzene rings is 2. The van der Waals surface area contributed by atoms with Gasteiger partial charge in [-0.15, -0.1) is 0 Å². The number of hydrogen-bond donors (Lipinski definition) is 2. The van der Waals surface area contributed by atoms with Crippen LogP contribution in [0.15, 0.2) is 42.5 Å². The highest BCUT2D eigenvalue weighted by Crippen LogP contribution is 2.30. The van der Waals surface area contributed by atoms with E-state index in [1.165, 1.54) is 4.90 Å². The van der Waals surface area contributed by atoms with E-state index in [0.29, 0.717) is 0 Å². The molecule has 25 heavy (non-hydrogen) atoms. The molecule has 132 valence electrons. The Morgan fingerprint density at radius 3 is 2.44 bits per heavy atom. The summed E-state index contributed by atoms with van der Waals surface area (Å²) in [4.78, 5) is 13.7. The van der Waals surface area contributed by atoms with Crippen LogP contribution in [0.1, 0.15) is 16.8 Å². The van der Waals surface area contributed by atoms with Crippen LogP contribution in [0.25, 0.3) is 0 Å². The molecule has 3 rings (SSSR count). The molecule has 5 nitrogen and oxygen atoms in total. The quantitative estimate of drug-likeness (QED) is 0.889. The Hall–Kier alpha value is -2.51. The lowest BCUT2D eigenvalue weighted by molar-refractivity contribution is 0.0664. The molecule has 0 radical (unpaired) electrons. The fourth-order valence-corrected chi connectivity index (χ4v) is 2.87. The van der Waals surface area contributed by atoms with E-state index in [1.54, 1.807) is 30.3 Å². The number of rotatable bonds is 4. The largest absolute Gasteiger partial charge is 0.451 e. The number of ether oxygens (including phenoxy) is 1. The second kappa shape index (κ2) is 7.16. The van der Waals surface area contributed by atoms with Crippen LogP contribution in [0.3, 0.4) is 0 Å². The van der Waals surface area contributed by atoms with Crippen molar-refractivity contribution in [2.24, 2.45) is 0 Å². The Morgan fingerprint density at radius 1 is 1.20 bits per heavy atom. The third-order valence-electron chi connectivity index (χ3n) is 4.07. The van der Waals surface area contributed by atoms with E-state index in [2.05, 4.69) is 0 Å². The number of carbonyl (C=O) groups excluding carboxylic acids is 1. The van der Waals surface area contributed by atoms with Crippen molar-refractivity contribution in [1.29, 1.82) is 0 Å². The minimum atomic E-state index is -1.01. The summed E-state index contributed by atoms with van der Waals surface area (Å²) in [5.41, 5.74) is -0.206. The molecule has 1 saturated heterocycles. The van der Waals surface area contributed by atoms with E-state index in [9.17, 15) is 23.8 Å². The third kappa shape index (κ3) is 3.62. The third-order valence-corrected chi connectivity index (χ3v) is 4.07. The summed E-state index contributed by atoms with van der Waals surface area (Å²) >= 11 is 0. The van der Waals surface area contributed by atoms with E-state index in [-0.39, 0.29) is 30.9 Å². The van der Waals surface area contributed by atoms with E-state index in [1.807, 2.05) is 0 Å². The van der Waals surface area contributed by atoms with Gasteiger partial charge in [0, 0.05) is 12.1 Å². The summed E-state index contributed by atoms with van der Waals surface area (Å²) in [7, 11) is 0. The van der Waals surface area contributed by atoms with Gasteiger partial charge in [-0.3, -0.25) is 4.79 Å². The van der Waals surface area contributed by atoms with Gasteiger partial charge in [-0.05, 0) is 30.7 Å². The molecule has 2 N–H and O–H groups in total. The van der Waals surface area contributed by atoms with Crippen molar-refractivity contribution < 1.29 is 28.5 Å². The zero-order valence-electron chi connectivity index (χ0n) is 13.2. The lowest BCUT2D eigenvalue weighted by Gasteiger charge is -2.23. The van der Waals surface area contributed by atoms with Crippen molar-refractivity contribution in [3.8, 4) is 11.5 Å². The van der Waals surface area contributed by atoms with Gasteiger partial charge in [-0.25, -0.2) is 8.78 Å². The van der Waals surface area contributed by atoms with Crippen LogP contribution in [-0.2, 0) is 0 Å². The van der Waals surface area contributed by atoms with Crippen LogP contribution in [0, 0.1) is 11.6 Å². The highest BCUT2D eigenvalue weighted by molar-refractivity contribution is 5.95. The van der Waals surface area contributed by atoms with Crippen LogP contribution in [0.5, 0.6) is 11.5 Å². The van der Waals surface area contributed by atoms with Crippen LogP contribution in [0.2, 0.25) is 0 Å². The van der Waals surface area contributed by atoms with Gasteiger partial charge in [-0.1, -0.05) is 18.2 Å². The van der Waals surface area contributed by atoms with Gasteiger partial charge >= 0.3 is 0 Å². The highest BCUT2D eigenvalue weighted by Gasteiger charge is 2.34. The lowest BCUT2D eigenvalue weighted by Crippen LogP contribution is -2.38. The fourth-order valence-electron chi connectivity index (χ4n) is 2.87. The molecule has 1 fully saturated rings. The van der Waals surface area contributed by atoms with Gasteiger partial charge in [0.2, 0.25) is 0 Å². The van der Waals surface area contributed by atoms with Crippen LogP contribution in [-0.4, -0.2) is 46.3 Å². The van der Waals surface area contributed by atoms with Crippen molar-refractivity contribution in [2.45, 2.75) is 18.6 Å². The van der Waals surface area contributed by atoms with Crippen molar-refractivity contribution >= 4 is 5.91 Å². The maximum absolute atomic E-state index is 14.3. The van der Waals surface area contributed by atoms with Crippen molar-refractivity contribution in [3.63, 3.8) is 0 Å².